The maximum atomic E-state index is 9.44. The predicted molar refractivity (Wildman–Crippen MR) is 60.4 cm³/mol. The van der Waals surface area contributed by atoms with E-state index in [2.05, 4.69) is 0 Å². The molecule has 1 fully saturated rings. The van der Waals surface area contributed by atoms with E-state index in [1.54, 1.807) is 0 Å². The molecule has 1 radical (unpaired) electrons. The monoisotopic (exact) mass is 289 g/mol. The second-order valence-electron chi connectivity index (χ2n) is 3.94. The molecule has 0 aromatic rings. The predicted octanol–water partition coefficient (Wildman–Crippen LogP) is 3.53. The Balaban J connectivity index is -0.000000145. The number of ketones is 2. The molecule has 0 saturated heterocycles. The molecular weight excluding hydrogens is 265 g/mol. The van der Waals surface area contributed by atoms with E-state index in [9.17, 15) is 9.59 Å². The zero-order chi connectivity index (χ0) is 11.4. The van der Waals surface area contributed by atoms with E-state index in [0.29, 0.717) is 0 Å². The van der Waals surface area contributed by atoms with E-state index in [0.717, 1.165) is 0 Å². The Morgan fingerprint density at radius 3 is 0.733 bits per heavy atom. The molecule has 0 atom stereocenters. The Morgan fingerprint density at radius 1 is 0.600 bits per heavy atom. The fourth-order valence-electron chi connectivity index (χ4n) is 1.06. The summed E-state index contributed by atoms with van der Waals surface area (Å²) < 4.78 is 0. The van der Waals surface area contributed by atoms with Crippen LogP contribution in [0.25, 0.3) is 0 Å². The maximum absolute atomic E-state index is 9.44. The first-order valence-electron chi connectivity index (χ1n) is 5.41. The minimum Gasteiger partial charge on any atom is -0.300 e. The van der Waals surface area contributed by atoms with Crippen LogP contribution in [0.1, 0.15) is 66.2 Å². The van der Waals surface area contributed by atoms with Gasteiger partial charge in [0.2, 0.25) is 0 Å². The number of carbonyl (C=O) groups excluding carboxylic acids is 2. The first-order chi connectivity index (χ1) is 6.46. The molecule has 0 aromatic carbocycles. The van der Waals surface area contributed by atoms with Gasteiger partial charge in [-0.3, -0.25) is 0 Å². The molecule has 0 aromatic heterocycles. The molecule has 15 heavy (non-hydrogen) atoms. The Bertz CT molecular complexity index is 120. The van der Waals surface area contributed by atoms with E-state index < -0.39 is 0 Å². The maximum Gasteiger partial charge on any atom is 0.126 e. The number of Topliss-reactive ketones (excluding diaryl/α,β-unsaturated/α-hetero) is 2. The zero-order valence-corrected chi connectivity index (χ0v) is 13.5. The Labute approximate surface area is 119 Å². The largest absolute Gasteiger partial charge is 0.300 e. The molecule has 87 valence electrons. The van der Waals surface area contributed by atoms with Crippen molar-refractivity contribution in [3.8, 4) is 0 Å². The van der Waals surface area contributed by atoms with E-state index in [-0.39, 0.29) is 44.3 Å². The second-order valence-corrected chi connectivity index (χ2v) is 3.94. The van der Waals surface area contributed by atoms with E-state index >= 15 is 0 Å². The van der Waals surface area contributed by atoms with Crippen LogP contribution in [0.3, 0.4) is 0 Å². The van der Waals surface area contributed by atoms with Crippen LogP contribution in [0, 0.1) is 0 Å². The zero-order valence-electron chi connectivity index (χ0n) is 10.6. The normalized spacial score (nSPS) is 13.1. The van der Waals surface area contributed by atoms with Gasteiger partial charge in [0, 0.05) is 32.7 Å². The first-order valence-corrected chi connectivity index (χ1v) is 5.41. The third-order valence-electron chi connectivity index (χ3n) is 1.50. The van der Waals surface area contributed by atoms with Crippen LogP contribution in [-0.2, 0) is 42.3 Å². The Hall–Kier alpha value is 0.444. The third-order valence-corrected chi connectivity index (χ3v) is 1.50. The molecule has 0 spiro atoms. The fourth-order valence-corrected chi connectivity index (χ4v) is 1.06. The van der Waals surface area contributed by atoms with Gasteiger partial charge < -0.3 is 9.59 Å². The number of carbonyl (C=O) groups is 2. The average molecular weight is 289 g/mol. The summed E-state index contributed by atoms with van der Waals surface area (Å²) in [6.45, 7) is 6.11. The third kappa shape index (κ3) is 53.9. The van der Waals surface area contributed by atoms with Crippen molar-refractivity contribution in [3.63, 3.8) is 0 Å². The standard InChI is InChI=1S/C6H12.2C3H6O.Y/c1-2-4-6-5-3-1;2*1-3(2)4;/h1-6H2;2*1-2H3;. The molecule has 0 unspecified atom stereocenters. The van der Waals surface area contributed by atoms with Crippen LogP contribution >= 0.6 is 0 Å². The van der Waals surface area contributed by atoms with Gasteiger partial charge in [0.1, 0.15) is 11.6 Å². The van der Waals surface area contributed by atoms with E-state index in [4.69, 9.17) is 0 Å². The summed E-state index contributed by atoms with van der Waals surface area (Å²) in [5.74, 6) is 0.333. The molecular formula is C12H24O2Y. The minimum absolute atomic E-state index is 0. The van der Waals surface area contributed by atoms with Crippen molar-refractivity contribution in [1.29, 1.82) is 0 Å². The smallest absolute Gasteiger partial charge is 0.126 e. The quantitative estimate of drug-likeness (QED) is 0.683. The van der Waals surface area contributed by atoms with Crippen molar-refractivity contribution >= 4 is 11.6 Å². The van der Waals surface area contributed by atoms with Gasteiger partial charge in [-0.25, -0.2) is 0 Å². The van der Waals surface area contributed by atoms with Gasteiger partial charge in [0.25, 0.3) is 0 Å². The molecule has 0 N–H and O–H groups in total. The summed E-state index contributed by atoms with van der Waals surface area (Å²) >= 11 is 0. The topological polar surface area (TPSA) is 34.1 Å². The van der Waals surface area contributed by atoms with Crippen LogP contribution in [-0.4, -0.2) is 11.6 Å². The summed E-state index contributed by atoms with van der Waals surface area (Å²) in [5, 5.41) is 0. The summed E-state index contributed by atoms with van der Waals surface area (Å²) in [7, 11) is 0. The summed E-state index contributed by atoms with van der Waals surface area (Å²) in [5.41, 5.74) is 0. The van der Waals surface area contributed by atoms with Crippen LogP contribution in [0.4, 0.5) is 0 Å². The van der Waals surface area contributed by atoms with Crippen molar-refractivity contribution in [3.05, 3.63) is 0 Å². The molecule has 0 heterocycles. The molecule has 0 bridgehead atoms. The molecule has 0 aliphatic heterocycles. The van der Waals surface area contributed by atoms with Crippen molar-refractivity contribution in [2.75, 3.05) is 0 Å². The van der Waals surface area contributed by atoms with Gasteiger partial charge in [-0.1, -0.05) is 38.5 Å². The van der Waals surface area contributed by atoms with Gasteiger partial charge in [-0.2, -0.15) is 0 Å². The van der Waals surface area contributed by atoms with Gasteiger partial charge in [-0.15, -0.1) is 0 Å². The molecule has 2 nitrogen and oxygen atoms in total. The Kier molecular flexibility index (Phi) is 23.4. The molecule has 3 heteroatoms. The molecule has 1 rings (SSSR count). The van der Waals surface area contributed by atoms with Crippen molar-refractivity contribution in [2.24, 2.45) is 0 Å². The van der Waals surface area contributed by atoms with Crippen molar-refractivity contribution < 1.29 is 42.3 Å². The summed E-state index contributed by atoms with van der Waals surface area (Å²) in [4.78, 5) is 18.9. The average Bonchev–Trinajstić information content (AvgIpc) is 2.05. The van der Waals surface area contributed by atoms with E-state index in [1.807, 2.05) is 0 Å². The second kappa shape index (κ2) is 16.9. The van der Waals surface area contributed by atoms with Gasteiger partial charge in [-0.05, 0) is 27.7 Å². The molecule has 1 aliphatic carbocycles. The van der Waals surface area contributed by atoms with Gasteiger partial charge in [0.05, 0.1) is 0 Å². The summed E-state index contributed by atoms with van der Waals surface area (Å²) in [6.07, 6.45) is 9.00. The first kappa shape index (κ1) is 20.8. The molecule has 1 saturated carbocycles. The van der Waals surface area contributed by atoms with Crippen LogP contribution in [0.5, 0.6) is 0 Å². The number of hydrogen-bond acceptors (Lipinski definition) is 2. The minimum atomic E-state index is 0. The van der Waals surface area contributed by atoms with Crippen LogP contribution in [0.2, 0.25) is 0 Å². The molecule has 0 amide bonds. The van der Waals surface area contributed by atoms with Crippen LogP contribution < -0.4 is 0 Å². The van der Waals surface area contributed by atoms with Gasteiger partial charge >= 0.3 is 0 Å². The van der Waals surface area contributed by atoms with Crippen molar-refractivity contribution in [2.45, 2.75) is 66.2 Å². The van der Waals surface area contributed by atoms with Gasteiger partial charge in [0.15, 0.2) is 0 Å². The summed E-state index contributed by atoms with van der Waals surface area (Å²) in [6, 6.07) is 0. The number of hydrogen-bond donors (Lipinski definition) is 0. The van der Waals surface area contributed by atoms with Crippen molar-refractivity contribution in [1.82, 2.24) is 0 Å². The SMILES string of the molecule is C1CCCCC1.CC(C)=O.CC(C)=O.[Y]. The number of rotatable bonds is 0. The van der Waals surface area contributed by atoms with Crippen LogP contribution in [0.15, 0.2) is 0 Å². The Morgan fingerprint density at radius 2 is 0.667 bits per heavy atom. The fraction of sp³-hybridized carbons (Fsp3) is 0.833. The van der Waals surface area contributed by atoms with E-state index in [1.165, 1.54) is 66.2 Å². The molecule has 1 aliphatic rings.